The maximum atomic E-state index is 11.8. The Bertz CT molecular complexity index is 313. The number of nitrogens with one attached hydrogen (secondary N) is 1. The molecule has 0 radical (unpaired) electrons. The number of carbonyl (C=O) groups is 1. The molecule has 1 fully saturated rings. The molecule has 1 aliphatic rings. The van der Waals surface area contributed by atoms with Crippen LogP contribution in [0.4, 0.5) is 0 Å². The lowest BCUT2D eigenvalue weighted by molar-refractivity contribution is -0.123. The van der Waals surface area contributed by atoms with Crippen LogP contribution in [0.1, 0.15) is 41.0 Å². The number of piperazine rings is 1. The summed E-state index contributed by atoms with van der Waals surface area (Å²) in [6.45, 7) is 14.5. The van der Waals surface area contributed by atoms with Crippen LogP contribution in [0.25, 0.3) is 0 Å². The van der Waals surface area contributed by atoms with Crippen molar-refractivity contribution in [3.8, 4) is 0 Å². The highest BCUT2D eigenvalue weighted by molar-refractivity contribution is 5.76. The fourth-order valence-electron chi connectivity index (χ4n) is 2.62. The number of nitrogens with zero attached hydrogens (tertiary/aromatic N) is 2. The second-order valence-electron chi connectivity index (χ2n) is 7.04. The van der Waals surface area contributed by atoms with Gasteiger partial charge < -0.3 is 15.3 Å². The summed E-state index contributed by atoms with van der Waals surface area (Å²) in [4.78, 5) is 16.5. The molecule has 20 heavy (non-hydrogen) atoms. The Labute approximate surface area is 123 Å². The lowest BCUT2D eigenvalue weighted by Crippen LogP contribution is -2.54. The minimum Gasteiger partial charge on any atom is -0.392 e. The molecule has 1 amide bonds. The van der Waals surface area contributed by atoms with Gasteiger partial charge in [0, 0.05) is 50.7 Å². The van der Waals surface area contributed by atoms with Gasteiger partial charge >= 0.3 is 0 Å². The van der Waals surface area contributed by atoms with Crippen molar-refractivity contribution in [1.82, 2.24) is 15.1 Å². The van der Waals surface area contributed by atoms with Crippen molar-refractivity contribution < 1.29 is 9.90 Å². The summed E-state index contributed by atoms with van der Waals surface area (Å²) >= 11 is 0. The Balaban J connectivity index is 2.29. The molecule has 1 aliphatic heterocycles. The predicted octanol–water partition coefficient (Wildman–Crippen LogP) is 0.678. The highest BCUT2D eigenvalue weighted by Gasteiger charge is 2.24. The third-order valence-corrected chi connectivity index (χ3v) is 3.52. The molecule has 0 bridgehead atoms. The summed E-state index contributed by atoms with van der Waals surface area (Å²) in [7, 11) is 0. The molecule has 5 heteroatoms. The summed E-state index contributed by atoms with van der Waals surface area (Å²) in [5.41, 5.74) is -0.152. The van der Waals surface area contributed by atoms with Crippen molar-refractivity contribution in [2.45, 2.75) is 58.7 Å². The molecule has 1 rings (SSSR count). The average Bonchev–Trinajstić information content (AvgIpc) is 2.27. The van der Waals surface area contributed by atoms with Crippen molar-refractivity contribution in [3.63, 3.8) is 0 Å². The quantitative estimate of drug-likeness (QED) is 0.780. The first kappa shape index (κ1) is 17.4. The van der Waals surface area contributed by atoms with Gasteiger partial charge in [0.2, 0.25) is 5.91 Å². The fourth-order valence-corrected chi connectivity index (χ4v) is 2.62. The van der Waals surface area contributed by atoms with Gasteiger partial charge in [0.15, 0.2) is 0 Å². The molecule has 2 atom stereocenters. The van der Waals surface area contributed by atoms with Gasteiger partial charge in [-0.2, -0.15) is 0 Å². The van der Waals surface area contributed by atoms with E-state index in [-0.39, 0.29) is 17.6 Å². The van der Waals surface area contributed by atoms with Crippen molar-refractivity contribution in [2.75, 3.05) is 32.7 Å². The van der Waals surface area contributed by atoms with Crippen molar-refractivity contribution in [2.24, 2.45) is 0 Å². The number of carbonyl (C=O) groups excluding carboxylic acids is 1. The van der Waals surface area contributed by atoms with Crippen LogP contribution < -0.4 is 5.32 Å². The van der Waals surface area contributed by atoms with Crippen LogP contribution in [0.5, 0.6) is 0 Å². The first-order chi connectivity index (χ1) is 9.17. The summed E-state index contributed by atoms with van der Waals surface area (Å²) in [5.74, 6) is 0.122. The number of rotatable bonds is 5. The van der Waals surface area contributed by atoms with E-state index in [1.807, 2.05) is 27.7 Å². The van der Waals surface area contributed by atoms with Crippen LogP contribution >= 0.6 is 0 Å². The predicted molar refractivity (Wildman–Crippen MR) is 81.7 cm³/mol. The van der Waals surface area contributed by atoms with E-state index in [1.54, 1.807) is 0 Å². The van der Waals surface area contributed by atoms with Gasteiger partial charge in [-0.05, 0) is 34.6 Å². The van der Waals surface area contributed by atoms with E-state index in [1.165, 1.54) is 0 Å². The zero-order valence-electron chi connectivity index (χ0n) is 13.6. The monoisotopic (exact) mass is 285 g/mol. The molecule has 1 saturated heterocycles. The number of aliphatic hydroxyl groups is 1. The molecular formula is C15H31N3O2. The molecular weight excluding hydrogens is 254 g/mol. The van der Waals surface area contributed by atoms with Gasteiger partial charge in [-0.15, -0.1) is 0 Å². The van der Waals surface area contributed by atoms with Crippen LogP contribution in [-0.2, 0) is 4.79 Å². The van der Waals surface area contributed by atoms with E-state index in [0.717, 1.165) is 32.7 Å². The third kappa shape index (κ3) is 6.68. The summed E-state index contributed by atoms with van der Waals surface area (Å²) < 4.78 is 0. The molecule has 0 aromatic rings. The fraction of sp³-hybridized carbons (Fsp3) is 0.933. The van der Waals surface area contributed by atoms with Gasteiger partial charge in [0.05, 0.1) is 6.10 Å². The van der Waals surface area contributed by atoms with E-state index in [4.69, 9.17) is 0 Å². The molecule has 1 heterocycles. The number of hydrogen-bond donors (Lipinski definition) is 2. The normalized spacial score (nSPS) is 23.6. The molecule has 2 N–H and O–H groups in total. The van der Waals surface area contributed by atoms with Crippen LogP contribution in [0.3, 0.4) is 0 Å². The van der Waals surface area contributed by atoms with Crippen molar-refractivity contribution in [3.05, 3.63) is 0 Å². The smallest absolute Gasteiger partial charge is 0.221 e. The molecule has 0 aromatic carbocycles. The van der Waals surface area contributed by atoms with E-state index in [0.29, 0.717) is 12.5 Å². The van der Waals surface area contributed by atoms with Crippen molar-refractivity contribution >= 4 is 5.91 Å². The Morgan fingerprint density at radius 3 is 2.55 bits per heavy atom. The SMILES string of the molecule is CC(O)CN1CCN(CCC(=O)NC(C)(C)C)CC1C. The second-order valence-corrected chi connectivity index (χ2v) is 7.04. The highest BCUT2D eigenvalue weighted by Crippen LogP contribution is 2.10. The zero-order chi connectivity index (χ0) is 15.3. The van der Waals surface area contributed by atoms with E-state index >= 15 is 0 Å². The minimum atomic E-state index is -0.276. The molecule has 5 nitrogen and oxygen atoms in total. The van der Waals surface area contributed by atoms with Crippen LogP contribution in [-0.4, -0.2) is 71.2 Å². The summed E-state index contributed by atoms with van der Waals surface area (Å²) in [6, 6.07) is 0.434. The number of hydrogen-bond acceptors (Lipinski definition) is 4. The number of aliphatic hydroxyl groups excluding tert-OH is 1. The van der Waals surface area contributed by atoms with Gasteiger partial charge in [-0.3, -0.25) is 9.69 Å². The Hall–Kier alpha value is -0.650. The maximum absolute atomic E-state index is 11.8. The van der Waals surface area contributed by atoms with Crippen LogP contribution in [0.15, 0.2) is 0 Å². The molecule has 0 saturated carbocycles. The third-order valence-electron chi connectivity index (χ3n) is 3.52. The maximum Gasteiger partial charge on any atom is 0.221 e. The Morgan fingerprint density at radius 2 is 2.05 bits per heavy atom. The van der Waals surface area contributed by atoms with E-state index < -0.39 is 0 Å². The lowest BCUT2D eigenvalue weighted by Gasteiger charge is -2.40. The lowest BCUT2D eigenvalue weighted by atomic mass is 10.1. The highest BCUT2D eigenvalue weighted by atomic mass is 16.3. The summed E-state index contributed by atoms with van der Waals surface area (Å²) in [6.07, 6.45) is 0.280. The topological polar surface area (TPSA) is 55.8 Å². The molecule has 0 aromatic heterocycles. The molecule has 2 unspecified atom stereocenters. The van der Waals surface area contributed by atoms with Gasteiger partial charge in [-0.1, -0.05) is 0 Å². The Kier molecular flexibility index (Phi) is 6.43. The largest absolute Gasteiger partial charge is 0.392 e. The van der Waals surface area contributed by atoms with Crippen LogP contribution in [0.2, 0.25) is 0 Å². The zero-order valence-corrected chi connectivity index (χ0v) is 13.6. The minimum absolute atomic E-state index is 0.122. The first-order valence-electron chi connectivity index (χ1n) is 7.63. The average molecular weight is 285 g/mol. The number of amides is 1. The van der Waals surface area contributed by atoms with Gasteiger partial charge in [-0.25, -0.2) is 0 Å². The second kappa shape index (κ2) is 7.38. The van der Waals surface area contributed by atoms with Gasteiger partial charge in [0.1, 0.15) is 0 Å². The van der Waals surface area contributed by atoms with Crippen molar-refractivity contribution in [1.29, 1.82) is 0 Å². The summed E-state index contributed by atoms with van der Waals surface area (Å²) in [5, 5.41) is 12.5. The van der Waals surface area contributed by atoms with Crippen LogP contribution in [0, 0.1) is 0 Å². The Morgan fingerprint density at radius 1 is 1.40 bits per heavy atom. The number of β-amino-alcohol motifs (C(OH)–C–C–N with tert-alkyl or cyclic N) is 1. The molecule has 0 aliphatic carbocycles. The molecule has 0 spiro atoms. The van der Waals surface area contributed by atoms with E-state index in [9.17, 15) is 9.90 Å². The molecule has 118 valence electrons. The van der Waals surface area contributed by atoms with Gasteiger partial charge in [0.25, 0.3) is 0 Å². The van der Waals surface area contributed by atoms with E-state index in [2.05, 4.69) is 22.0 Å². The standard InChI is InChI=1S/C15H31N3O2/c1-12-10-17(8-9-18(12)11-13(2)19)7-6-14(20)16-15(3,4)5/h12-13,19H,6-11H2,1-5H3,(H,16,20). The first-order valence-corrected chi connectivity index (χ1v) is 7.63.